The Morgan fingerprint density at radius 2 is 1.54 bits per heavy atom. The predicted octanol–water partition coefficient (Wildman–Crippen LogP) is 5.35. The van der Waals surface area contributed by atoms with E-state index in [-0.39, 0.29) is 17.5 Å². The molecule has 1 aliphatic heterocycles. The molecule has 1 N–H and O–H groups in total. The van der Waals surface area contributed by atoms with Crippen LogP contribution in [-0.4, -0.2) is 61.8 Å². The van der Waals surface area contributed by atoms with Gasteiger partial charge in [-0.2, -0.15) is 0 Å². The lowest BCUT2D eigenvalue weighted by Crippen LogP contribution is -2.32. The molecule has 9 heteroatoms. The Labute approximate surface area is 240 Å². The third-order valence-electron chi connectivity index (χ3n) is 7.45. The Balaban J connectivity index is 1.13. The van der Waals surface area contributed by atoms with Crippen molar-refractivity contribution in [2.75, 3.05) is 46.3 Å². The number of carbonyl (C=O) groups is 1. The molecule has 9 nitrogen and oxygen atoms in total. The molecule has 0 radical (unpaired) electrons. The van der Waals surface area contributed by atoms with Crippen molar-refractivity contribution in [1.82, 2.24) is 14.9 Å². The van der Waals surface area contributed by atoms with Gasteiger partial charge >= 0.3 is 0 Å². The number of aryl methyl sites for hydroxylation is 2. The maximum Gasteiger partial charge on any atom is 0.279 e. The van der Waals surface area contributed by atoms with Crippen LogP contribution in [0.1, 0.15) is 39.2 Å². The number of aromatic nitrogens is 2. The van der Waals surface area contributed by atoms with Gasteiger partial charge in [-0.3, -0.25) is 9.69 Å². The van der Waals surface area contributed by atoms with Crippen molar-refractivity contribution in [1.29, 1.82) is 0 Å². The molecule has 1 aliphatic rings. The number of nitrogens with one attached hydrogen (secondary N) is 1. The molecular formula is C32H36N4O5. The largest absolute Gasteiger partial charge is 0.494 e. The highest BCUT2D eigenvalue weighted by molar-refractivity contribution is 6.05. The Morgan fingerprint density at radius 3 is 2.20 bits per heavy atom. The summed E-state index contributed by atoms with van der Waals surface area (Å²) in [4.78, 5) is 24.5. The van der Waals surface area contributed by atoms with Crippen molar-refractivity contribution in [3.05, 3.63) is 76.5 Å². The van der Waals surface area contributed by atoms with E-state index in [0.717, 1.165) is 60.9 Å². The van der Waals surface area contributed by atoms with Crippen molar-refractivity contribution in [3.63, 3.8) is 0 Å². The Kier molecular flexibility index (Phi) is 8.54. The predicted molar refractivity (Wildman–Crippen MR) is 159 cm³/mol. The first kappa shape index (κ1) is 28.2. The van der Waals surface area contributed by atoms with E-state index in [2.05, 4.69) is 32.3 Å². The Morgan fingerprint density at radius 1 is 0.878 bits per heavy atom. The van der Waals surface area contributed by atoms with Crippen LogP contribution in [0.2, 0.25) is 0 Å². The van der Waals surface area contributed by atoms with Gasteiger partial charge in [-0.05, 0) is 97.5 Å². The highest BCUT2D eigenvalue weighted by Crippen LogP contribution is 2.33. The number of nitrogens with zero attached hydrogens (tertiary/aromatic N) is 3. The van der Waals surface area contributed by atoms with E-state index in [0.29, 0.717) is 23.3 Å². The van der Waals surface area contributed by atoms with E-state index in [1.165, 1.54) is 18.2 Å². The lowest BCUT2D eigenvalue weighted by atomic mass is 9.98. The lowest BCUT2D eigenvalue weighted by molar-refractivity contribution is 0.101. The second-order valence-corrected chi connectivity index (χ2v) is 10.2. The molecule has 41 heavy (non-hydrogen) atoms. The molecule has 5 rings (SSSR count). The topological polar surface area (TPSA) is 95.0 Å². The molecule has 1 aromatic heterocycles. The lowest BCUT2D eigenvalue weighted by Gasteiger charge is -2.29. The molecule has 0 saturated heterocycles. The van der Waals surface area contributed by atoms with Gasteiger partial charge in [0.05, 0.1) is 39.0 Å². The summed E-state index contributed by atoms with van der Waals surface area (Å²) in [6, 6.07) is 15.4. The number of hydrogen-bond acceptors (Lipinski definition) is 8. The van der Waals surface area contributed by atoms with Gasteiger partial charge in [0, 0.05) is 25.3 Å². The highest BCUT2D eigenvalue weighted by Gasteiger charge is 2.20. The maximum atomic E-state index is 13.0. The summed E-state index contributed by atoms with van der Waals surface area (Å²) in [5.74, 6) is 2.10. The minimum atomic E-state index is -0.387. The van der Waals surface area contributed by atoms with Gasteiger partial charge in [-0.15, -0.1) is 0 Å². The monoisotopic (exact) mass is 556 g/mol. The Hall–Kier alpha value is -4.37. The van der Waals surface area contributed by atoms with Crippen LogP contribution in [0.15, 0.2) is 48.5 Å². The van der Waals surface area contributed by atoms with Crippen molar-refractivity contribution >= 4 is 22.6 Å². The van der Waals surface area contributed by atoms with Crippen LogP contribution in [0.5, 0.6) is 23.1 Å². The molecule has 0 atom stereocenters. The average molecular weight is 557 g/mol. The number of methoxy groups -OCH3 is 3. The van der Waals surface area contributed by atoms with Gasteiger partial charge in [0.25, 0.3) is 5.91 Å². The first-order valence-electron chi connectivity index (χ1n) is 13.7. The normalized spacial score (nSPS) is 13.0. The number of amides is 1. The molecule has 0 unspecified atom stereocenters. The first-order chi connectivity index (χ1) is 19.9. The van der Waals surface area contributed by atoms with E-state index >= 15 is 0 Å². The summed E-state index contributed by atoms with van der Waals surface area (Å²) < 4.78 is 22.2. The fourth-order valence-electron chi connectivity index (χ4n) is 5.02. The number of ether oxygens (including phenoxy) is 4. The molecule has 0 spiro atoms. The highest BCUT2D eigenvalue weighted by atomic mass is 16.5. The molecule has 0 fully saturated rings. The van der Waals surface area contributed by atoms with E-state index < -0.39 is 0 Å². The molecule has 3 aromatic carbocycles. The maximum absolute atomic E-state index is 13.0. The molecule has 0 aliphatic carbocycles. The second kappa shape index (κ2) is 12.4. The fourth-order valence-corrected chi connectivity index (χ4v) is 5.02. The summed E-state index contributed by atoms with van der Waals surface area (Å²) in [6.07, 6.45) is 1.89. The van der Waals surface area contributed by atoms with Crippen molar-refractivity contribution < 1.29 is 23.7 Å². The molecule has 2 heterocycles. The van der Waals surface area contributed by atoms with E-state index in [1.54, 1.807) is 14.2 Å². The van der Waals surface area contributed by atoms with Crippen molar-refractivity contribution in [2.45, 2.75) is 33.2 Å². The summed E-state index contributed by atoms with van der Waals surface area (Å²) in [7, 11) is 4.82. The van der Waals surface area contributed by atoms with Crippen LogP contribution < -0.4 is 24.3 Å². The Bertz CT molecular complexity index is 1550. The fraction of sp³-hybridized carbons (Fsp3) is 0.344. The van der Waals surface area contributed by atoms with E-state index in [1.807, 2.05) is 50.2 Å². The van der Waals surface area contributed by atoms with Gasteiger partial charge in [0.1, 0.15) is 5.75 Å². The van der Waals surface area contributed by atoms with Crippen LogP contribution >= 0.6 is 0 Å². The number of hydrogen-bond donors (Lipinski definition) is 1. The van der Waals surface area contributed by atoms with Crippen LogP contribution in [-0.2, 0) is 13.0 Å². The molecule has 4 aromatic rings. The molecular weight excluding hydrogens is 520 g/mol. The molecule has 1 amide bonds. The standard InChI is InChI=1S/C32H36N4O5/c1-20-15-26-27(16-21(20)2)35-32(40-5)30(34-26)31(37)33-24-7-9-25(10-8-24)41-14-6-12-36-13-11-22-17-28(38-3)29(39-4)18-23(22)19-36/h7-10,15-18H,6,11-14,19H2,1-5H3,(H,33,37). The summed E-state index contributed by atoms with van der Waals surface area (Å²) in [6.45, 7) is 7.45. The third-order valence-corrected chi connectivity index (χ3v) is 7.45. The van der Waals surface area contributed by atoms with Crippen LogP contribution in [0, 0.1) is 13.8 Å². The third kappa shape index (κ3) is 6.36. The number of benzene rings is 3. The molecule has 214 valence electrons. The zero-order valence-electron chi connectivity index (χ0n) is 24.2. The minimum absolute atomic E-state index is 0.140. The van der Waals surface area contributed by atoms with Crippen LogP contribution in [0.25, 0.3) is 11.0 Å². The van der Waals surface area contributed by atoms with Gasteiger partial charge in [-0.25, -0.2) is 9.97 Å². The summed E-state index contributed by atoms with van der Waals surface area (Å²) in [5.41, 5.74) is 6.90. The minimum Gasteiger partial charge on any atom is -0.494 e. The van der Waals surface area contributed by atoms with E-state index in [9.17, 15) is 4.79 Å². The summed E-state index contributed by atoms with van der Waals surface area (Å²) in [5, 5.41) is 2.88. The quantitative estimate of drug-likeness (QED) is 0.261. The van der Waals surface area contributed by atoms with Gasteiger partial charge in [0.15, 0.2) is 17.2 Å². The number of rotatable bonds is 10. The van der Waals surface area contributed by atoms with Gasteiger partial charge in [-0.1, -0.05) is 0 Å². The van der Waals surface area contributed by atoms with E-state index in [4.69, 9.17) is 18.9 Å². The zero-order chi connectivity index (χ0) is 28.9. The number of carbonyl (C=O) groups excluding carboxylic acids is 1. The summed E-state index contributed by atoms with van der Waals surface area (Å²) >= 11 is 0. The molecule has 0 saturated carbocycles. The van der Waals surface area contributed by atoms with Crippen LogP contribution in [0.3, 0.4) is 0 Å². The smallest absolute Gasteiger partial charge is 0.279 e. The van der Waals surface area contributed by atoms with Crippen molar-refractivity contribution in [2.24, 2.45) is 0 Å². The number of fused-ring (bicyclic) bond motifs is 2. The first-order valence-corrected chi connectivity index (χ1v) is 13.7. The van der Waals surface area contributed by atoms with Gasteiger partial charge < -0.3 is 24.3 Å². The second-order valence-electron chi connectivity index (χ2n) is 10.2. The van der Waals surface area contributed by atoms with Gasteiger partial charge in [0.2, 0.25) is 5.88 Å². The zero-order valence-corrected chi connectivity index (χ0v) is 24.2. The molecule has 0 bridgehead atoms. The number of anilines is 1. The van der Waals surface area contributed by atoms with Crippen molar-refractivity contribution in [3.8, 4) is 23.1 Å². The van der Waals surface area contributed by atoms with Crippen LogP contribution in [0.4, 0.5) is 5.69 Å². The SMILES string of the molecule is COc1cc2c(cc1OC)CN(CCCOc1ccc(NC(=O)c3nc4cc(C)c(C)cc4nc3OC)cc1)CC2. The average Bonchev–Trinajstić information content (AvgIpc) is 2.99.